The molecule has 90 valence electrons. The molecule has 4 heteroatoms. The lowest BCUT2D eigenvalue weighted by Gasteiger charge is -2.18. The van der Waals surface area contributed by atoms with E-state index in [1.54, 1.807) is 11.3 Å². The quantitative estimate of drug-likeness (QED) is 0.822. The lowest BCUT2D eigenvalue weighted by molar-refractivity contribution is 0.410. The number of aryl methyl sites for hydroxylation is 1. The van der Waals surface area contributed by atoms with Gasteiger partial charge in [0, 0.05) is 30.1 Å². The minimum absolute atomic E-state index is 0.644. The Bertz CT molecular complexity index is 324. The molecule has 2 rings (SSSR count). The molecule has 0 radical (unpaired) electrons. The van der Waals surface area contributed by atoms with Crippen molar-refractivity contribution in [3.05, 3.63) is 16.1 Å². The molecular weight excluding hydrogens is 218 g/mol. The highest BCUT2D eigenvalue weighted by molar-refractivity contribution is 7.09. The second-order valence-corrected chi connectivity index (χ2v) is 5.56. The number of nitrogens with one attached hydrogen (secondary N) is 1. The molecule has 0 aliphatic heterocycles. The molecule has 1 aliphatic rings. The van der Waals surface area contributed by atoms with Crippen LogP contribution in [0.5, 0.6) is 0 Å². The monoisotopic (exact) mass is 239 g/mol. The van der Waals surface area contributed by atoms with E-state index in [9.17, 15) is 0 Å². The van der Waals surface area contributed by atoms with Crippen LogP contribution in [0.3, 0.4) is 0 Å². The molecule has 0 bridgehead atoms. The molecule has 0 aromatic carbocycles. The highest BCUT2D eigenvalue weighted by Gasteiger charge is 2.25. The molecule has 1 fully saturated rings. The van der Waals surface area contributed by atoms with E-state index in [1.807, 2.05) is 0 Å². The van der Waals surface area contributed by atoms with Crippen LogP contribution in [0.1, 0.15) is 30.0 Å². The van der Waals surface area contributed by atoms with E-state index in [1.165, 1.54) is 24.3 Å². The number of hydrogen-bond acceptors (Lipinski definition) is 4. The first-order valence-electron chi connectivity index (χ1n) is 6.14. The fraction of sp³-hybridized carbons (Fsp3) is 0.750. The average molecular weight is 239 g/mol. The molecule has 0 amide bonds. The maximum Gasteiger partial charge on any atom is 0.0940 e. The summed E-state index contributed by atoms with van der Waals surface area (Å²) in [4.78, 5) is 4.47. The van der Waals surface area contributed by atoms with Crippen LogP contribution >= 0.6 is 11.3 Å². The lowest BCUT2D eigenvalue weighted by Crippen LogP contribution is -2.37. The molecule has 1 aliphatic carbocycles. The van der Waals surface area contributed by atoms with Crippen molar-refractivity contribution in [3.8, 4) is 0 Å². The maximum atomic E-state index is 5.76. The molecule has 3 nitrogen and oxygen atoms in total. The Morgan fingerprint density at radius 1 is 1.56 bits per heavy atom. The van der Waals surface area contributed by atoms with Crippen LogP contribution in [0.15, 0.2) is 5.38 Å². The van der Waals surface area contributed by atoms with Gasteiger partial charge in [0.05, 0.1) is 5.01 Å². The zero-order valence-corrected chi connectivity index (χ0v) is 10.7. The van der Waals surface area contributed by atoms with Crippen LogP contribution in [0.25, 0.3) is 0 Å². The van der Waals surface area contributed by atoms with Crippen LogP contribution in [0.2, 0.25) is 0 Å². The molecule has 1 saturated carbocycles. The first-order chi connectivity index (χ1) is 7.79. The minimum atomic E-state index is 0.644. The molecule has 1 heterocycles. The van der Waals surface area contributed by atoms with Crippen molar-refractivity contribution in [1.82, 2.24) is 10.3 Å². The lowest BCUT2D eigenvalue weighted by atomic mass is 10.0. The van der Waals surface area contributed by atoms with Crippen LogP contribution in [0.4, 0.5) is 0 Å². The number of rotatable bonds is 5. The van der Waals surface area contributed by atoms with Gasteiger partial charge < -0.3 is 11.1 Å². The molecule has 2 unspecified atom stereocenters. The second-order valence-electron chi connectivity index (χ2n) is 4.62. The van der Waals surface area contributed by atoms with Crippen molar-refractivity contribution in [2.45, 2.75) is 38.6 Å². The Balaban J connectivity index is 1.71. The predicted octanol–water partition coefficient (Wildman–Crippen LogP) is 1.71. The SMILES string of the molecule is Cc1csc(CCNC2CCCC2CN)n1. The summed E-state index contributed by atoms with van der Waals surface area (Å²) >= 11 is 1.76. The topological polar surface area (TPSA) is 50.9 Å². The van der Waals surface area contributed by atoms with Gasteiger partial charge in [-0.15, -0.1) is 11.3 Å². The van der Waals surface area contributed by atoms with Crippen molar-refractivity contribution in [1.29, 1.82) is 0 Å². The zero-order valence-electron chi connectivity index (χ0n) is 9.91. The van der Waals surface area contributed by atoms with E-state index in [0.717, 1.165) is 25.2 Å². The van der Waals surface area contributed by atoms with Gasteiger partial charge in [-0.1, -0.05) is 6.42 Å². The fourth-order valence-electron chi connectivity index (χ4n) is 2.47. The van der Waals surface area contributed by atoms with Crippen LogP contribution < -0.4 is 11.1 Å². The fourth-order valence-corrected chi connectivity index (χ4v) is 3.25. The van der Waals surface area contributed by atoms with Crippen molar-refractivity contribution in [3.63, 3.8) is 0 Å². The molecule has 1 aromatic rings. The van der Waals surface area contributed by atoms with Gasteiger partial charge in [0.25, 0.3) is 0 Å². The summed E-state index contributed by atoms with van der Waals surface area (Å²) in [6.07, 6.45) is 4.96. The summed E-state index contributed by atoms with van der Waals surface area (Å²) in [5.74, 6) is 0.693. The molecule has 2 atom stereocenters. The van der Waals surface area contributed by atoms with Gasteiger partial charge in [-0.2, -0.15) is 0 Å². The van der Waals surface area contributed by atoms with Crippen LogP contribution in [-0.4, -0.2) is 24.1 Å². The molecule has 0 spiro atoms. The Morgan fingerprint density at radius 2 is 2.44 bits per heavy atom. The standard InChI is InChI=1S/C12H21N3S/c1-9-8-16-12(15-9)5-6-14-11-4-2-3-10(11)7-13/h8,10-11,14H,2-7,13H2,1H3. The molecule has 1 aromatic heterocycles. The summed E-state index contributed by atoms with van der Waals surface area (Å²) in [5.41, 5.74) is 6.90. The number of hydrogen-bond donors (Lipinski definition) is 2. The summed E-state index contributed by atoms with van der Waals surface area (Å²) in [6, 6.07) is 0.644. The van der Waals surface area contributed by atoms with Crippen molar-refractivity contribution in [2.24, 2.45) is 11.7 Å². The second kappa shape index (κ2) is 5.75. The van der Waals surface area contributed by atoms with Crippen molar-refractivity contribution >= 4 is 11.3 Å². The van der Waals surface area contributed by atoms with E-state index in [0.29, 0.717) is 12.0 Å². The third kappa shape index (κ3) is 3.03. The number of aromatic nitrogens is 1. The molecule has 3 N–H and O–H groups in total. The van der Waals surface area contributed by atoms with Crippen molar-refractivity contribution in [2.75, 3.05) is 13.1 Å². The Hall–Kier alpha value is -0.450. The van der Waals surface area contributed by atoms with Gasteiger partial charge in [-0.05, 0) is 32.2 Å². The van der Waals surface area contributed by atoms with Gasteiger partial charge in [0.1, 0.15) is 0 Å². The van der Waals surface area contributed by atoms with E-state index in [-0.39, 0.29) is 0 Å². The normalized spacial score (nSPS) is 25.1. The minimum Gasteiger partial charge on any atom is -0.330 e. The first kappa shape index (κ1) is 12.0. The van der Waals surface area contributed by atoms with Gasteiger partial charge >= 0.3 is 0 Å². The zero-order chi connectivity index (χ0) is 11.4. The van der Waals surface area contributed by atoms with Gasteiger partial charge in [-0.25, -0.2) is 4.98 Å². The van der Waals surface area contributed by atoms with Gasteiger partial charge in [-0.3, -0.25) is 0 Å². The maximum absolute atomic E-state index is 5.76. The van der Waals surface area contributed by atoms with Crippen LogP contribution in [0, 0.1) is 12.8 Å². The third-order valence-corrected chi connectivity index (χ3v) is 4.40. The highest BCUT2D eigenvalue weighted by atomic mass is 32.1. The summed E-state index contributed by atoms with van der Waals surface area (Å²) in [5, 5.41) is 6.99. The van der Waals surface area contributed by atoms with Crippen LogP contribution in [-0.2, 0) is 6.42 Å². The summed E-state index contributed by atoms with van der Waals surface area (Å²) in [7, 11) is 0. The summed E-state index contributed by atoms with van der Waals surface area (Å²) < 4.78 is 0. The largest absolute Gasteiger partial charge is 0.330 e. The number of nitrogens with zero attached hydrogens (tertiary/aromatic N) is 1. The van der Waals surface area contributed by atoms with E-state index in [2.05, 4.69) is 22.6 Å². The average Bonchev–Trinajstić information content (AvgIpc) is 2.87. The van der Waals surface area contributed by atoms with E-state index in [4.69, 9.17) is 5.73 Å². The number of nitrogens with two attached hydrogens (primary N) is 1. The summed E-state index contributed by atoms with van der Waals surface area (Å²) in [6.45, 7) is 3.91. The van der Waals surface area contributed by atoms with Gasteiger partial charge in [0.2, 0.25) is 0 Å². The molecule has 0 saturated heterocycles. The van der Waals surface area contributed by atoms with E-state index >= 15 is 0 Å². The third-order valence-electron chi connectivity index (χ3n) is 3.37. The number of thiazole rings is 1. The smallest absolute Gasteiger partial charge is 0.0940 e. The molecule has 16 heavy (non-hydrogen) atoms. The highest BCUT2D eigenvalue weighted by Crippen LogP contribution is 2.24. The van der Waals surface area contributed by atoms with Gasteiger partial charge in [0.15, 0.2) is 0 Å². The van der Waals surface area contributed by atoms with E-state index < -0.39 is 0 Å². The molecular formula is C12H21N3S. The Morgan fingerprint density at radius 3 is 3.12 bits per heavy atom. The van der Waals surface area contributed by atoms with Crippen molar-refractivity contribution < 1.29 is 0 Å². The predicted molar refractivity (Wildman–Crippen MR) is 68.7 cm³/mol. The first-order valence-corrected chi connectivity index (χ1v) is 7.02. The Labute approximate surface area is 101 Å². The Kier molecular flexibility index (Phi) is 4.32.